The minimum absolute atomic E-state index is 0.0158. The summed E-state index contributed by atoms with van der Waals surface area (Å²) in [6.45, 7) is 10.5. The molecule has 0 spiro atoms. The van der Waals surface area contributed by atoms with Crippen molar-refractivity contribution in [3.05, 3.63) is 173 Å². The fraction of sp³-hybridized carbons (Fsp3) is 0.224. The van der Waals surface area contributed by atoms with Crippen LogP contribution in [-0.4, -0.2) is 58.2 Å². The summed E-state index contributed by atoms with van der Waals surface area (Å²) in [5.74, 6) is -1.25. The number of aryl methyl sites for hydroxylation is 6. The summed E-state index contributed by atoms with van der Waals surface area (Å²) in [5.41, 5.74) is 14.2. The second kappa shape index (κ2) is 19.4. The molecule has 71 heavy (non-hydrogen) atoms. The van der Waals surface area contributed by atoms with Crippen molar-refractivity contribution >= 4 is 50.4 Å². The zero-order valence-corrected chi connectivity index (χ0v) is 40.0. The molecule has 0 fully saturated rings. The summed E-state index contributed by atoms with van der Waals surface area (Å²) >= 11 is 0. The van der Waals surface area contributed by atoms with Gasteiger partial charge < -0.3 is 34.4 Å². The zero-order valence-electron chi connectivity index (χ0n) is 40.0. The van der Waals surface area contributed by atoms with E-state index in [4.69, 9.17) is 4.74 Å². The Labute approximate surface area is 409 Å². The molecule has 13 heteroatoms. The molecule has 0 atom stereocenters. The summed E-state index contributed by atoms with van der Waals surface area (Å²) in [4.78, 5) is 36.9. The molecule has 0 unspecified atom stereocenters. The molecule has 10 nitrogen and oxygen atoms in total. The lowest BCUT2D eigenvalue weighted by Crippen LogP contribution is -2.22. The van der Waals surface area contributed by atoms with Crippen LogP contribution in [0.15, 0.2) is 121 Å². The van der Waals surface area contributed by atoms with Crippen LogP contribution in [0.5, 0.6) is 5.75 Å². The zero-order chi connectivity index (χ0) is 49.5. The number of aromatic nitrogens is 3. The van der Waals surface area contributed by atoms with Crippen LogP contribution in [-0.2, 0) is 19.6 Å². The Kier molecular flexibility index (Phi) is 12.7. The Balaban J connectivity index is 0.000000123. The fourth-order valence-corrected chi connectivity index (χ4v) is 10.3. The van der Waals surface area contributed by atoms with E-state index in [1.165, 1.54) is 23.8 Å². The number of halogens is 3. The molecule has 3 aliphatic rings. The number of nitrogens with one attached hydrogen (secondary N) is 3. The van der Waals surface area contributed by atoms with E-state index in [-0.39, 0.29) is 23.5 Å². The maximum Gasteiger partial charge on any atom is 0.267 e. The largest absolute Gasteiger partial charge is 0.497 e. The molecule has 12 rings (SSSR count). The molecule has 0 saturated heterocycles. The second-order valence-corrected chi connectivity index (χ2v) is 18.5. The van der Waals surface area contributed by atoms with E-state index in [1.54, 1.807) is 25.3 Å². The fourth-order valence-electron chi connectivity index (χ4n) is 10.3. The smallest absolute Gasteiger partial charge is 0.267 e. The number of benzene rings is 6. The Morgan fingerprint density at radius 3 is 1.18 bits per heavy atom. The van der Waals surface area contributed by atoms with E-state index in [1.807, 2.05) is 60.9 Å². The van der Waals surface area contributed by atoms with E-state index in [0.717, 1.165) is 128 Å². The average molecular weight is 955 g/mol. The number of hydrogen-bond acceptors (Lipinski definition) is 4. The highest BCUT2D eigenvalue weighted by molar-refractivity contribution is 6.06. The first-order valence-electron chi connectivity index (χ1n) is 24.0. The summed E-state index contributed by atoms with van der Waals surface area (Å²) in [6, 6.07) is 36.9. The van der Waals surface area contributed by atoms with E-state index >= 15 is 0 Å². The minimum Gasteiger partial charge on any atom is -0.497 e. The normalized spacial score (nSPS) is 14.3. The first-order chi connectivity index (χ1) is 34.3. The standard InChI is InChI=1S/C20H20N2O2.C19H16F2N2O.C19H17FN2O/c1-13-10-15-12-18-20(23)21-8-3-9-22(18)19(15)17(11-13)14-4-6-16(24-2)7-5-14;1-11-7-13-10-17-19(24)22-5-2-6-23(17)18(13)14(8-11)12-3-4-15(20)16(21)9-12;1-12-9-14-11-17-19(23)21-7-2-8-22(17)18(14)16(10-12)13-3-5-15(20)6-4-13/h4-7,10-12H,3,8-9H2,1-2H3,(H,21,23);3-4,7-10H,2,5-6H2,1H3,(H,22,24);3-6,9-11H,2,7-8H2,1H3,(H,21,23). The maximum absolute atomic E-state index is 13.7. The summed E-state index contributed by atoms with van der Waals surface area (Å²) < 4.78 is 51.8. The van der Waals surface area contributed by atoms with Crippen LogP contribution in [0.1, 0.15) is 67.4 Å². The van der Waals surface area contributed by atoms with Crippen molar-refractivity contribution < 1.29 is 32.3 Å². The van der Waals surface area contributed by atoms with Crippen molar-refractivity contribution in [1.29, 1.82) is 0 Å². The highest BCUT2D eigenvalue weighted by Gasteiger charge is 2.24. The Morgan fingerprint density at radius 1 is 0.437 bits per heavy atom. The van der Waals surface area contributed by atoms with Gasteiger partial charge in [0.15, 0.2) is 11.6 Å². The molecule has 0 radical (unpaired) electrons. The predicted octanol–water partition coefficient (Wildman–Crippen LogP) is 11.7. The van der Waals surface area contributed by atoms with Gasteiger partial charge in [-0.3, -0.25) is 14.4 Å². The highest BCUT2D eigenvalue weighted by Crippen LogP contribution is 2.37. The monoisotopic (exact) mass is 954 g/mol. The molecule has 3 aliphatic heterocycles. The number of amides is 3. The van der Waals surface area contributed by atoms with Crippen molar-refractivity contribution in [3.63, 3.8) is 0 Å². The lowest BCUT2D eigenvalue weighted by molar-refractivity contribution is 0.0943. The molecule has 360 valence electrons. The number of nitrogens with zero attached hydrogens (tertiary/aromatic N) is 3. The number of carbonyl (C=O) groups excluding carboxylic acids is 3. The minimum atomic E-state index is -0.873. The summed E-state index contributed by atoms with van der Waals surface area (Å²) in [5, 5.41) is 11.9. The third kappa shape index (κ3) is 9.15. The van der Waals surface area contributed by atoms with Crippen LogP contribution in [0.3, 0.4) is 0 Å². The van der Waals surface area contributed by atoms with Crippen LogP contribution < -0.4 is 20.7 Å². The van der Waals surface area contributed by atoms with Crippen LogP contribution in [0.25, 0.3) is 66.1 Å². The number of hydrogen-bond donors (Lipinski definition) is 3. The number of carbonyl (C=O) groups is 3. The Morgan fingerprint density at radius 2 is 0.803 bits per heavy atom. The Bertz CT molecular complexity index is 3550. The van der Waals surface area contributed by atoms with Gasteiger partial charge in [-0.15, -0.1) is 0 Å². The van der Waals surface area contributed by atoms with Gasteiger partial charge in [0.05, 0.1) is 23.7 Å². The van der Waals surface area contributed by atoms with Gasteiger partial charge >= 0.3 is 0 Å². The summed E-state index contributed by atoms with van der Waals surface area (Å²) in [6.07, 6.45) is 2.67. The van der Waals surface area contributed by atoms with Crippen molar-refractivity contribution in [1.82, 2.24) is 29.7 Å². The third-order valence-corrected chi connectivity index (χ3v) is 13.4. The maximum atomic E-state index is 13.7. The molecule has 6 aromatic carbocycles. The topological polar surface area (TPSA) is 111 Å². The lowest BCUT2D eigenvalue weighted by Gasteiger charge is -2.12. The molecular weight excluding hydrogens is 902 g/mol. The van der Waals surface area contributed by atoms with Gasteiger partial charge in [-0.25, -0.2) is 13.2 Å². The Hall–Kier alpha value is -8.06. The quantitative estimate of drug-likeness (QED) is 0.163. The van der Waals surface area contributed by atoms with E-state index < -0.39 is 11.6 Å². The number of ether oxygens (including phenoxy) is 1. The predicted molar refractivity (Wildman–Crippen MR) is 274 cm³/mol. The van der Waals surface area contributed by atoms with Gasteiger partial charge in [-0.05, 0) is 164 Å². The van der Waals surface area contributed by atoms with Gasteiger partial charge in [-0.2, -0.15) is 0 Å². The van der Waals surface area contributed by atoms with Crippen LogP contribution in [0.4, 0.5) is 13.2 Å². The molecule has 0 aliphatic carbocycles. The van der Waals surface area contributed by atoms with Crippen LogP contribution in [0.2, 0.25) is 0 Å². The van der Waals surface area contributed by atoms with Crippen molar-refractivity contribution in [2.24, 2.45) is 0 Å². The lowest BCUT2D eigenvalue weighted by atomic mass is 10.00. The van der Waals surface area contributed by atoms with Gasteiger partial charge in [0.25, 0.3) is 17.7 Å². The van der Waals surface area contributed by atoms with Crippen molar-refractivity contribution in [2.75, 3.05) is 26.7 Å². The number of rotatable bonds is 4. The second-order valence-electron chi connectivity index (χ2n) is 18.5. The van der Waals surface area contributed by atoms with Gasteiger partial charge in [-0.1, -0.05) is 30.3 Å². The van der Waals surface area contributed by atoms with Gasteiger partial charge in [0.1, 0.15) is 28.6 Å². The van der Waals surface area contributed by atoms with Gasteiger partial charge in [0.2, 0.25) is 0 Å². The molecule has 3 aromatic heterocycles. The molecular formula is C58H53F3N6O4. The first-order valence-corrected chi connectivity index (χ1v) is 24.0. The van der Waals surface area contributed by atoms with E-state index in [0.29, 0.717) is 36.6 Å². The number of methoxy groups -OCH3 is 1. The molecule has 0 bridgehead atoms. The molecule has 3 amide bonds. The first kappa shape index (κ1) is 46.7. The average Bonchev–Trinajstić information content (AvgIpc) is 3.91. The summed E-state index contributed by atoms with van der Waals surface area (Å²) in [7, 11) is 1.67. The highest BCUT2D eigenvalue weighted by atomic mass is 19.2. The van der Waals surface area contributed by atoms with Gasteiger partial charge in [0, 0.05) is 72.1 Å². The van der Waals surface area contributed by atoms with E-state index in [9.17, 15) is 27.6 Å². The molecule has 0 saturated carbocycles. The van der Waals surface area contributed by atoms with Crippen molar-refractivity contribution in [2.45, 2.75) is 59.7 Å². The number of fused-ring (bicyclic) bond motifs is 9. The van der Waals surface area contributed by atoms with Crippen LogP contribution in [0, 0.1) is 38.2 Å². The molecule has 6 heterocycles. The molecule has 9 aromatic rings. The van der Waals surface area contributed by atoms with Crippen molar-refractivity contribution in [3.8, 4) is 39.1 Å². The third-order valence-electron chi connectivity index (χ3n) is 13.4. The van der Waals surface area contributed by atoms with E-state index in [2.05, 4.69) is 68.4 Å². The molecule has 3 N–H and O–H groups in total. The van der Waals surface area contributed by atoms with Crippen LogP contribution >= 0.6 is 0 Å². The SMILES string of the molecule is COc1ccc(-c2cc(C)cc3cc4n(c23)CCCNC4=O)cc1.Cc1cc(-c2ccc(F)c(F)c2)c2c(c1)cc1n2CCCNC1=O.Cc1cc(-c2ccc(F)cc2)c2c(c1)cc1n2CCCNC1=O.